The van der Waals surface area contributed by atoms with Crippen LogP contribution in [0.2, 0.25) is 0 Å². The Bertz CT molecular complexity index is 804. The van der Waals surface area contributed by atoms with E-state index in [0.29, 0.717) is 13.1 Å². The maximum Gasteiger partial charge on any atom is 0.225 e. The molecular weight excluding hydrogens is 376 g/mol. The van der Waals surface area contributed by atoms with Crippen LogP contribution in [0.15, 0.2) is 42.5 Å². The Morgan fingerprint density at radius 1 is 0.967 bits per heavy atom. The molecule has 2 saturated heterocycles. The molecule has 1 aromatic heterocycles. The highest BCUT2D eigenvalue weighted by molar-refractivity contribution is 5.79. The second kappa shape index (κ2) is 9.89. The SMILES string of the molecule is CCN1CCN(c2ccc(N3CCC[C@H](C(=O)NCc4ccccc4)C3)nn2)CC1. The minimum absolute atomic E-state index is 0.00828. The molecule has 7 heteroatoms. The highest BCUT2D eigenvalue weighted by Gasteiger charge is 2.27. The van der Waals surface area contributed by atoms with E-state index in [1.54, 1.807) is 0 Å². The van der Waals surface area contributed by atoms with Crippen molar-refractivity contribution in [1.29, 1.82) is 0 Å². The normalized spacial score (nSPS) is 20.2. The molecule has 0 saturated carbocycles. The van der Waals surface area contributed by atoms with Crippen LogP contribution < -0.4 is 15.1 Å². The highest BCUT2D eigenvalue weighted by Crippen LogP contribution is 2.23. The minimum atomic E-state index is -0.00828. The largest absolute Gasteiger partial charge is 0.354 e. The lowest BCUT2D eigenvalue weighted by atomic mass is 9.97. The molecule has 1 amide bonds. The van der Waals surface area contributed by atoms with Gasteiger partial charge in [-0.3, -0.25) is 4.79 Å². The maximum atomic E-state index is 12.7. The number of aromatic nitrogens is 2. The Kier molecular flexibility index (Phi) is 6.79. The number of piperidine rings is 1. The molecule has 2 fully saturated rings. The van der Waals surface area contributed by atoms with Crippen molar-refractivity contribution >= 4 is 17.5 Å². The number of piperazine rings is 1. The zero-order valence-corrected chi connectivity index (χ0v) is 17.8. The predicted molar refractivity (Wildman–Crippen MR) is 120 cm³/mol. The van der Waals surface area contributed by atoms with Gasteiger partial charge in [0.05, 0.1) is 5.92 Å². The predicted octanol–water partition coefficient (Wildman–Crippen LogP) is 2.15. The molecule has 2 aliphatic heterocycles. The number of hydrogen-bond donors (Lipinski definition) is 1. The van der Waals surface area contributed by atoms with Crippen molar-refractivity contribution in [3.63, 3.8) is 0 Å². The Morgan fingerprint density at radius 3 is 2.33 bits per heavy atom. The zero-order valence-electron chi connectivity index (χ0n) is 17.8. The van der Waals surface area contributed by atoms with Crippen LogP contribution in [0, 0.1) is 5.92 Å². The molecule has 0 spiro atoms. The van der Waals surface area contributed by atoms with E-state index in [4.69, 9.17) is 0 Å². The fourth-order valence-corrected chi connectivity index (χ4v) is 4.28. The van der Waals surface area contributed by atoms with Crippen LogP contribution in [0.3, 0.4) is 0 Å². The minimum Gasteiger partial charge on any atom is -0.354 e. The number of amides is 1. The summed E-state index contributed by atoms with van der Waals surface area (Å²) in [6.07, 6.45) is 1.91. The van der Waals surface area contributed by atoms with Crippen LogP contribution in [-0.4, -0.2) is 66.8 Å². The number of anilines is 2. The first-order valence-corrected chi connectivity index (χ1v) is 11.1. The summed E-state index contributed by atoms with van der Waals surface area (Å²) in [5.41, 5.74) is 1.12. The molecule has 4 rings (SSSR count). The van der Waals surface area contributed by atoms with Crippen LogP contribution in [0.25, 0.3) is 0 Å². The zero-order chi connectivity index (χ0) is 20.8. The summed E-state index contributed by atoms with van der Waals surface area (Å²) >= 11 is 0. The molecule has 160 valence electrons. The van der Waals surface area contributed by atoms with Gasteiger partial charge in [0.25, 0.3) is 0 Å². The number of carbonyl (C=O) groups excluding carboxylic acids is 1. The number of nitrogens with zero attached hydrogens (tertiary/aromatic N) is 5. The monoisotopic (exact) mass is 408 g/mol. The van der Waals surface area contributed by atoms with E-state index in [2.05, 4.69) is 49.3 Å². The lowest BCUT2D eigenvalue weighted by molar-refractivity contribution is -0.125. The molecule has 0 aliphatic carbocycles. The average Bonchev–Trinajstić information content (AvgIpc) is 2.83. The number of carbonyl (C=O) groups is 1. The first-order valence-electron chi connectivity index (χ1n) is 11.1. The van der Waals surface area contributed by atoms with Crippen molar-refractivity contribution in [2.75, 3.05) is 55.6 Å². The van der Waals surface area contributed by atoms with E-state index < -0.39 is 0 Å². The first kappa shape index (κ1) is 20.6. The summed E-state index contributed by atoms with van der Waals surface area (Å²) in [7, 11) is 0. The Hall–Kier alpha value is -2.67. The molecule has 0 bridgehead atoms. The van der Waals surface area contributed by atoms with Gasteiger partial charge in [0.15, 0.2) is 11.6 Å². The highest BCUT2D eigenvalue weighted by atomic mass is 16.1. The number of benzene rings is 1. The van der Waals surface area contributed by atoms with Crippen molar-refractivity contribution in [3.05, 3.63) is 48.0 Å². The topological polar surface area (TPSA) is 64.6 Å². The van der Waals surface area contributed by atoms with Crippen LogP contribution >= 0.6 is 0 Å². The van der Waals surface area contributed by atoms with Gasteiger partial charge in [-0.05, 0) is 37.1 Å². The number of likely N-dealkylation sites (N-methyl/N-ethyl adjacent to an activating group) is 1. The van der Waals surface area contributed by atoms with Crippen LogP contribution in [0.4, 0.5) is 11.6 Å². The number of rotatable bonds is 6. The van der Waals surface area contributed by atoms with E-state index in [1.807, 2.05) is 30.3 Å². The molecular formula is C23H32N6O. The summed E-state index contributed by atoms with van der Waals surface area (Å²) < 4.78 is 0. The summed E-state index contributed by atoms with van der Waals surface area (Å²) in [4.78, 5) is 19.6. The second-order valence-electron chi connectivity index (χ2n) is 8.16. The molecule has 30 heavy (non-hydrogen) atoms. The van der Waals surface area contributed by atoms with Crippen LogP contribution in [-0.2, 0) is 11.3 Å². The lowest BCUT2D eigenvalue weighted by Gasteiger charge is -2.35. The Balaban J connectivity index is 1.31. The van der Waals surface area contributed by atoms with Gasteiger partial charge < -0.3 is 20.0 Å². The van der Waals surface area contributed by atoms with Gasteiger partial charge in [-0.25, -0.2) is 0 Å². The molecule has 2 aliphatic rings. The van der Waals surface area contributed by atoms with Gasteiger partial charge in [-0.2, -0.15) is 0 Å². The second-order valence-corrected chi connectivity index (χ2v) is 8.16. The fraction of sp³-hybridized carbons (Fsp3) is 0.522. The summed E-state index contributed by atoms with van der Waals surface area (Å²) in [5, 5.41) is 12.1. The van der Waals surface area contributed by atoms with E-state index in [0.717, 1.165) is 69.3 Å². The van der Waals surface area contributed by atoms with Crippen molar-refractivity contribution in [3.8, 4) is 0 Å². The van der Waals surface area contributed by atoms with Crippen molar-refractivity contribution in [2.24, 2.45) is 5.92 Å². The van der Waals surface area contributed by atoms with Gasteiger partial charge in [0.2, 0.25) is 5.91 Å². The van der Waals surface area contributed by atoms with Gasteiger partial charge in [0, 0.05) is 45.8 Å². The Labute approximate surface area is 179 Å². The molecule has 3 heterocycles. The third kappa shape index (κ3) is 5.08. The summed E-state index contributed by atoms with van der Waals surface area (Å²) in [6, 6.07) is 14.2. The molecule has 0 radical (unpaired) electrons. The summed E-state index contributed by atoms with van der Waals surface area (Å²) in [5.74, 6) is 1.93. The fourth-order valence-electron chi connectivity index (χ4n) is 4.28. The maximum absolute atomic E-state index is 12.7. The van der Waals surface area contributed by atoms with E-state index >= 15 is 0 Å². The molecule has 0 unspecified atom stereocenters. The first-order chi connectivity index (χ1) is 14.7. The van der Waals surface area contributed by atoms with Crippen LogP contribution in [0.5, 0.6) is 0 Å². The van der Waals surface area contributed by atoms with Crippen molar-refractivity contribution < 1.29 is 4.79 Å². The third-order valence-electron chi connectivity index (χ3n) is 6.21. The summed E-state index contributed by atoms with van der Waals surface area (Å²) in [6.45, 7) is 9.65. The Morgan fingerprint density at radius 2 is 1.67 bits per heavy atom. The van der Waals surface area contributed by atoms with E-state index in [-0.39, 0.29) is 11.8 Å². The van der Waals surface area contributed by atoms with Gasteiger partial charge in [-0.15, -0.1) is 10.2 Å². The quantitative estimate of drug-likeness (QED) is 0.790. The smallest absolute Gasteiger partial charge is 0.225 e. The van der Waals surface area contributed by atoms with Gasteiger partial charge in [-0.1, -0.05) is 37.3 Å². The standard InChI is InChI=1S/C23H32N6O/c1-2-27-13-15-28(16-14-27)21-10-11-22(26-25-21)29-12-6-9-20(18-29)23(30)24-17-19-7-4-3-5-8-19/h3-5,7-8,10-11,20H,2,6,9,12-18H2,1H3,(H,24,30)/t20-/m0/s1. The third-order valence-corrected chi connectivity index (χ3v) is 6.21. The van der Waals surface area contributed by atoms with E-state index in [1.165, 1.54) is 0 Å². The molecule has 2 aromatic rings. The molecule has 1 N–H and O–H groups in total. The van der Waals surface area contributed by atoms with Gasteiger partial charge in [0.1, 0.15) is 0 Å². The van der Waals surface area contributed by atoms with Crippen LogP contribution in [0.1, 0.15) is 25.3 Å². The number of hydrogen-bond acceptors (Lipinski definition) is 6. The van der Waals surface area contributed by atoms with Gasteiger partial charge >= 0.3 is 0 Å². The molecule has 1 aromatic carbocycles. The molecule has 7 nitrogen and oxygen atoms in total. The van der Waals surface area contributed by atoms with E-state index in [9.17, 15) is 4.79 Å². The van der Waals surface area contributed by atoms with Crippen molar-refractivity contribution in [1.82, 2.24) is 20.4 Å². The lowest BCUT2D eigenvalue weighted by Crippen LogP contribution is -2.46. The average molecular weight is 409 g/mol. The molecule has 1 atom stereocenters. The number of nitrogens with one attached hydrogen (secondary N) is 1. The van der Waals surface area contributed by atoms with Crippen molar-refractivity contribution in [2.45, 2.75) is 26.3 Å².